The van der Waals surface area contributed by atoms with Gasteiger partial charge < -0.3 is 39.1 Å². The summed E-state index contributed by atoms with van der Waals surface area (Å²) in [4.78, 5) is 21.2. The number of ether oxygens (including phenoxy) is 3. The van der Waals surface area contributed by atoms with Crippen LogP contribution in [-0.4, -0.2) is 37.4 Å². The van der Waals surface area contributed by atoms with Gasteiger partial charge in [0.1, 0.15) is 35.9 Å². The van der Waals surface area contributed by atoms with Crippen molar-refractivity contribution in [3.05, 3.63) is 101 Å². The Kier molecular flexibility index (Phi) is 17.7. The van der Waals surface area contributed by atoms with Crippen LogP contribution in [-0.2, 0) is 32.1 Å². The molecule has 3 aromatic carbocycles. The number of aromatic hydroxyl groups is 1. The van der Waals surface area contributed by atoms with Crippen LogP contribution in [0.2, 0.25) is 0 Å². The molecule has 8 nitrogen and oxygen atoms in total. The van der Waals surface area contributed by atoms with Crippen LogP contribution in [0.25, 0.3) is 6.08 Å². The summed E-state index contributed by atoms with van der Waals surface area (Å²) in [5, 5.41) is 30.2. The molecule has 0 saturated heterocycles. The molecule has 0 heterocycles. The maximum absolute atomic E-state index is 10.7. The van der Waals surface area contributed by atoms with E-state index in [1.54, 1.807) is 36.4 Å². The van der Waals surface area contributed by atoms with Crippen LogP contribution in [0.4, 0.5) is 0 Å². The number of carboxylic acids is 2. The molecule has 0 spiro atoms. The number of aliphatic carboxylic acids is 2. The first kappa shape index (κ1) is 34.7. The van der Waals surface area contributed by atoms with E-state index in [0.717, 1.165) is 11.1 Å². The summed E-state index contributed by atoms with van der Waals surface area (Å²) >= 11 is 0. The van der Waals surface area contributed by atoms with Gasteiger partial charge >= 0.3 is 59.1 Å². The van der Waals surface area contributed by atoms with E-state index in [4.69, 9.17) is 19.3 Å². The molecule has 1 unspecified atom stereocenters. The fourth-order valence-corrected chi connectivity index (χ4v) is 2.86. The van der Waals surface area contributed by atoms with Crippen molar-refractivity contribution in [2.24, 2.45) is 0 Å². The summed E-state index contributed by atoms with van der Waals surface area (Å²) in [6, 6.07) is 23.2. The second-order valence-corrected chi connectivity index (χ2v) is 7.26. The van der Waals surface area contributed by atoms with Crippen molar-refractivity contribution in [2.75, 3.05) is 14.2 Å². The van der Waals surface area contributed by atoms with Crippen LogP contribution in [0, 0.1) is 0 Å². The third-order valence-electron chi connectivity index (χ3n) is 4.75. The predicted octanol–water partition coefficient (Wildman–Crippen LogP) is -4.29. The molecule has 37 heavy (non-hydrogen) atoms. The quantitative estimate of drug-likeness (QED) is 0.160. The molecule has 0 bridgehead atoms. The van der Waals surface area contributed by atoms with Gasteiger partial charge in [-0.2, -0.15) is 0 Å². The molecule has 0 fully saturated rings. The maximum Gasteiger partial charge on any atom is 1.00 e. The minimum Gasteiger partial charge on any atom is -0.547 e. The molecule has 0 aromatic heterocycles. The number of methoxy groups -OCH3 is 2. The molecule has 1 N–H and O–H groups in total. The average Bonchev–Trinajstić information content (AvgIpc) is 2.87. The second kappa shape index (κ2) is 18.9. The summed E-state index contributed by atoms with van der Waals surface area (Å²) < 4.78 is 15.1. The van der Waals surface area contributed by atoms with Crippen molar-refractivity contribution < 1.29 is 98.2 Å². The fraction of sp³-hybridized carbons (Fsp3) is 0.185. The number of rotatable bonds is 10. The van der Waals surface area contributed by atoms with Gasteiger partial charge in [-0.25, -0.2) is 0 Å². The smallest absolute Gasteiger partial charge is 0.547 e. The Hall–Kier alpha value is -2.30. The number of hydrogen-bond acceptors (Lipinski definition) is 8. The molecular weight excluding hydrogens is 498 g/mol. The molecule has 184 valence electrons. The van der Waals surface area contributed by atoms with Gasteiger partial charge in [0.25, 0.3) is 0 Å². The molecule has 1 atom stereocenters. The van der Waals surface area contributed by atoms with Crippen LogP contribution in [0.3, 0.4) is 0 Å². The number of carbonyl (C=O) groups is 2. The van der Waals surface area contributed by atoms with Gasteiger partial charge in [-0.05, 0) is 47.0 Å². The van der Waals surface area contributed by atoms with Crippen molar-refractivity contribution in [1.82, 2.24) is 0 Å². The van der Waals surface area contributed by atoms with Crippen LogP contribution in [0.5, 0.6) is 11.5 Å². The van der Waals surface area contributed by atoms with Crippen LogP contribution in [0.15, 0.2) is 84.6 Å². The Morgan fingerprint density at radius 3 is 1.95 bits per heavy atom. The molecule has 0 saturated carbocycles. The number of carbonyl (C=O) groups excluding carboxylic acids is 2. The number of benzene rings is 3. The van der Waals surface area contributed by atoms with E-state index < -0.39 is 18.0 Å². The van der Waals surface area contributed by atoms with E-state index in [9.17, 15) is 19.8 Å². The Morgan fingerprint density at radius 1 is 0.865 bits per heavy atom. The maximum atomic E-state index is 10.7. The minimum atomic E-state index is -1.35. The van der Waals surface area contributed by atoms with E-state index >= 15 is 0 Å². The first-order chi connectivity index (χ1) is 16.8. The fourth-order valence-electron chi connectivity index (χ4n) is 2.86. The van der Waals surface area contributed by atoms with E-state index in [2.05, 4.69) is 0 Å². The number of phenolic OH excluding ortho intramolecular Hbond substituents is 1. The zero-order valence-corrected chi connectivity index (χ0v) is 25.4. The first-order valence-corrected chi connectivity index (χ1v) is 10.6. The molecule has 10 heteroatoms. The Labute approximate surface area is 260 Å². The van der Waals surface area contributed by atoms with Crippen molar-refractivity contribution >= 4 is 18.0 Å². The van der Waals surface area contributed by atoms with Gasteiger partial charge in [0.2, 0.25) is 0 Å². The van der Waals surface area contributed by atoms with Gasteiger partial charge in [0.15, 0.2) is 0 Å². The summed E-state index contributed by atoms with van der Waals surface area (Å²) in [5.41, 5.74) is 2.56. The normalized spacial score (nSPS) is 10.9. The van der Waals surface area contributed by atoms with Gasteiger partial charge in [-0.1, -0.05) is 54.6 Å². The third kappa shape index (κ3) is 13.2. The zero-order chi connectivity index (χ0) is 25.6. The van der Waals surface area contributed by atoms with E-state index in [0.29, 0.717) is 17.9 Å². The van der Waals surface area contributed by atoms with Crippen LogP contribution >= 0.6 is 0 Å². The molecule has 0 aliphatic rings. The van der Waals surface area contributed by atoms with Gasteiger partial charge in [-0.3, -0.25) is 0 Å². The van der Waals surface area contributed by atoms with Crippen molar-refractivity contribution in [3.8, 4) is 11.5 Å². The predicted molar refractivity (Wildman–Crippen MR) is 125 cm³/mol. The van der Waals surface area contributed by atoms with Crippen LogP contribution < -0.4 is 74.1 Å². The van der Waals surface area contributed by atoms with Gasteiger partial charge in [0, 0.05) is 13.5 Å². The molecule has 3 aromatic rings. The van der Waals surface area contributed by atoms with Crippen molar-refractivity contribution in [2.45, 2.75) is 19.1 Å². The summed E-state index contributed by atoms with van der Waals surface area (Å²) in [6.07, 6.45) is 0.689. The van der Waals surface area contributed by atoms with Crippen LogP contribution in [0.1, 0.15) is 16.7 Å². The molecule has 0 amide bonds. The largest absolute Gasteiger partial charge is 1.00 e. The summed E-state index contributed by atoms with van der Waals surface area (Å²) in [7, 11) is 2.61. The monoisotopic (exact) mass is 524 g/mol. The summed E-state index contributed by atoms with van der Waals surface area (Å²) in [5.74, 6) is -1.94. The summed E-state index contributed by atoms with van der Waals surface area (Å²) in [6.45, 7) is 0.485. The minimum absolute atomic E-state index is 0. The van der Waals surface area contributed by atoms with E-state index in [1.165, 1.54) is 32.4 Å². The number of phenols is 1. The van der Waals surface area contributed by atoms with Gasteiger partial charge in [0.05, 0.1) is 13.1 Å². The molecule has 0 aliphatic heterocycles. The van der Waals surface area contributed by atoms with E-state index in [1.807, 2.05) is 30.3 Å². The zero-order valence-electron chi connectivity index (χ0n) is 21.4. The van der Waals surface area contributed by atoms with Crippen molar-refractivity contribution in [1.29, 1.82) is 0 Å². The molecule has 0 radical (unpaired) electrons. The molecule has 0 aliphatic carbocycles. The Balaban J connectivity index is 0.000000714. The first-order valence-electron chi connectivity index (χ1n) is 10.6. The Bertz CT molecular complexity index is 1100. The number of hydrogen-bond donors (Lipinski definition) is 1. The standard InChI is InChI=1S/C17H16O4.C10H12O4.2Na/c1-20-16(17(18)19)11-13-7-9-15(10-8-13)21-12-14-5-3-2-4-6-14;1-14-9(10(12)13)6-7-2-4-8(11)5-3-7;;/h2-11H,12H2,1H3,(H,18,19);2-5,9,11H,6H2,1H3,(H,12,13);;/q;;2*+1/p-2. The van der Waals surface area contributed by atoms with Crippen molar-refractivity contribution in [3.63, 3.8) is 0 Å². The van der Waals surface area contributed by atoms with E-state index in [-0.39, 0.29) is 77.0 Å². The molecular formula is C27H26Na2O8. The SMILES string of the molecule is COC(=Cc1ccc(OCc2ccccc2)cc1)C(=O)[O-].COC(Cc1ccc(O)cc1)C(=O)[O-].[Na+].[Na+]. The number of carboxylic acid groups (broad SMARTS) is 2. The van der Waals surface area contributed by atoms with Gasteiger partial charge in [-0.15, -0.1) is 0 Å². The average molecular weight is 524 g/mol. The third-order valence-corrected chi connectivity index (χ3v) is 4.75. The topological polar surface area (TPSA) is 128 Å². The second-order valence-electron chi connectivity index (χ2n) is 7.26. The Morgan fingerprint density at radius 2 is 1.46 bits per heavy atom. The molecule has 3 rings (SSSR count).